The zero-order valence-electron chi connectivity index (χ0n) is 12.7. The van der Waals surface area contributed by atoms with E-state index in [-0.39, 0.29) is 18.1 Å². The van der Waals surface area contributed by atoms with Crippen LogP contribution in [0.4, 0.5) is 5.69 Å². The molecule has 0 aromatic heterocycles. The number of hydrogen-bond donors (Lipinski definition) is 1. The molecule has 1 aliphatic carbocycles. The Balaban J connectivity index is 1.51. The van der Waals surface area contributed by atoms with Crippen molar-refractivity contribution >= 4 is 23.2 Å². The fourth-order valence-electron chi connectivity index (χ4n) is 3.10. The summed E-state index contributed by atoms with van der Waals surface area (Å²) in [5.74, 6) is -0.292. The standard InChI is InChI=1S/C17H20ClNO3/c1-17(2)21-14-9-11(10-15(14)22-17)3-8-16(20)19-13-6-4-12(18)5-7-13/h3-8,11,14-15H,9-10H2,1-2H3,(H,19,20)/b8-3+/t11?,14-,15+. The Labute approximate surface area is 135 Å². The van der Waals surface area contributed by atoms with E-state index in [0.29, 0.717) is 10.9 Å². The highest BCUT2D eigenvalue weighted by Gasteiger charge is 2.46. The second kappa shape index (κ2) is 6.03. The molecule has 118 valence electrons. The number of ether oxygens (including phenoxy) is 2. The third kappa shape index (κ3) is 3.69. The number of carbonyl (C=O) groups is 1. The summed E-state index contributed by atoms with van der Waals surface area (Å²) in [5, 5.41) is 3.46. The van der Waals surface area contributed by atoms with Crippen LogP contribution in [-0.2, 0) is 14.3 Å². The molecule has 1 saturated carbocycles. The van der Waals surface area contributed by atoms with Crippen LogP contribution < -0.4 is 5.32 Å². The third-order valence-corrected chi connectivity index (χ3v) is 4.24. The molecule has 3 atom stereocenters. The average Bonchev–Trinajstić information content (AvgIpc) is 2.92. The number of allylic oxidation sites excluding steroid dienone is 1. The third-order valence-electron chi connectivity index (χ3n) is 3.99. The predicted molar refractivity (Wildman–Crippen MR) is 85.8 cm³/mol. The molecule has 2 fully saturated rings. The van der Waals surface area contributed by atoms with Gasteiger partial charge in [-0.3, -0.25) is 4.79 Å². The van der Waals surface area contributed by atoms with Crippen molar-refractivity contribution in [3.63, 3.8) is 0 Å². The summed E-state index contributed by atoms with van der Waals surface area (Å²) in [6.45, 7) is 3.88. The number of rotatable bonds is 3. The number of hydrogen-bond acceptors (Lipinski definition) is 3. The first-order chi connectivity index (χ1) is 10.4. The molecule has 1 heterocycles. The maximum Gasteiger partial charge on any atom is 0.248 e. The van der Waals surface area contributed by atoms with Crippen LogP contribution in [0.1, 0.15) is 26.7 Å². The van der Waals surface area contributed by atoms with Crippen molar-refractivity contribution in [2.75, 3.05) is 5.32 Å². The van der Waals surface area contributed by atoms with Gasteiger partial charge in [0.15, 0.2) is 5.79 Å². The van der Waals surface area contributed by atoms with Gasteiger partial charge in [0.25, 0.3) is 0 Å². The first-order valence-corrected chi connectivity index (χ1v) is 7.89. The van der Waals surface area contributed by atoms with E-state index in [1.165, 1.54) is 0 Å². The SMILES string of the molecule is CC1(C)O[C@H]2CC(/C=C/C(=O)Nc3ccc(Cl)cc3)C[C@H]2O1. The van der Waals surface area contributed by atoms with Gasteiger partial charge in [0.05, 0.1) is 12.2 Å². The molecular weight excluding hydrogens is 302 g/mol. The van der Waals surface area contributed by atoms with Gasteiger partial charge >= 0.3 is 0 Å². The van der Waals surface area contributed by atoms with Crippen molar-refractivity contribution in [2.24, 2.45) is 5.92 Å². The molecule has 3 rings (SSSR count). The molecule has 1 amide bonds. The number of benzene rings is 1. The van der Waals surface area contributed by atoms with Crippen LogP contribution >= 0.6 is 11.6 Å². The van der Waals surface area contributed by atoms with E-state index in [1.54, 1.807) is 30.3 Å². The van der Waals surface area contributed by atoms with Crippen molar-refractivity contribution < 1.29 is 14.3 Å². The minimum atomic E-state index is -0.476. The molecule has 1 aliphatic heterocycles. The van der Waals surface area contributed by atoms with E-state index in [0.717, 1.165) is 18.5 Å². The van der Waals surface area contributed by atoms with E-state index < -0.39 is 5.79 Å². The second-order valence-corrected chi connectivity index (χ2v) is 6.74. The first kappa shape index (κ1) is 15.5. The molecule has 1 aromatic rings. The lowest BCUT2D eigenvalue weighted by Crippen LogP contribution is -2.22. The molecular formula is C17H20ClNO3. The van der Waals surface area contributed by atoms with Crippen molar-refractivity contribution in [3.05, 3.63) is 41.4 Å². The van der Waals surface area contributed by atoms with Gasteiger partial charge in [0, 0.05) is 10.7 Å². The van der Waals surface area contributed by atoms with E-state index in [4.69, 9.17) is 21.1 Å². The topological polar surface area (TPSA) is 47.6 Å². The fraction of sp³-hybridized carbons (Fsp3) is 0.471. The zero-order valence-corrected chi connectivity index (χ0v) is 13.5. The van der Waals surface area contributed by atoms with E-state index in [1.807, 2.05) is 19.9 Å². The summed E-state index contributed by atoms with van der Waals surface area (Å²) in [6.07, 6.45) is 5.62. The second-order valence-electron chi connectivity index (χ2n) is 6.30. The van der Waals surface area contributed by atoms with Gasteiger partial charge in [0.2, 0.25) is 5.91 Å². The first-order valence-electron chi connectivity index (χ1n) is 7.52. The van der Waals surface area contributed by atoms with Crippen molar-refractivity contribution in [2.45, 2.75) is 44.7 Å². The van der Waals surface area contributed by atoms with Gasteiger partial charge in [0.1, 0.15) is 0 Å². The quantitative estimate of drug-likeness (QED) is 0.862. The molecule has 0 bridgehead atoms. The van der Waals surface area contributed by atoms with Gasteiger partial charge in [-0.15, -0.1) is 0 Å². The number of fused-ring (bicyclic) bond motifs is 1. The molecule has 1 N–H and O–H groups in total. The van der Waals surface area contributed by atoms with Gasteiger partial charge in [-0.25, -0.2) is 0 Å². The number of carbonyl (C=O) groups excluding carboxylic acids is 1. The van der Waals surface area contributed by atoms with Crippen molar-refractivity contribution in [3.8, 4) is 0 Å². The zero-order chi connectivity index (χ0) is 15.7. The fourth-order valence-corrected chi connectivity index (χ4v) is 3.23. The molecule has 1 aromatic carbocycles. The summed E-state index contributed by atoms with van der Waals surface area (Å²) < 4.78 is 11.7. The Kier molecular flexibility index (Phi) is 4.26. The van der Waals surface area contributed by atoms with Crippen molar-refractivity contribution in [1.29, 1.82) is 0 Å². The lowest BCUT2D eigenvalue weighted by Gasteiger charge is -2.19. The highest BCUT2D eigenvalue weighted by atomic mass is 35.5. The monoisotopic (exact) mass is 321 g/mol. The van der Waals surface area contributed by atoms with Crippen LogP contribution in [0.3, 0.4) is 0 Å². The average molecular weight is 322 g/mol. The van der Waals surface area contributed by atoms with E-state index in [9.17, 15) is 4.79 Å². The Morgan fingerprint density at radius 2 is 1.82 bits per heavy atom. The molecule has 1 unspecified atom stereocenters. The number of amides is 1. The predicted octanol–water partition coefficient (Wildman–Crippen LogP) is 3.76. The number of anilines is 1. The molecule has 4 nitrogen and oxygen atoms in total. The van der Waals surface area contributed by atoms with Crippen LogP contribution in [0.2, 0.25) is 5.02 Å². The largest absolute Gasteiger partial charge is 0.345 e. The lowest BCUT2D eigenvalue weighted by molar-refractivity contribution is -0.152. The molecule has 0 spiro atoms. The lowest BCUT2D eigenvalue weighted by atomic mass is 10.1. The number of nitrogens with one attached hydrogen (secondary N) is 1. The normalized spacial score (nSPS) is 29.7. The van der Waals surface area contributed by atoms with Gasteiger partial charge < -0.3 is 14.8 Å². The van der Waals surface area contributed by atoms with Crippen LogP contribution in [0, 0.1) is 5.92 Å². The summed E-state index contributed by atoms with van der Waals surface area (Å²) in [6, 6.07) is 7.04. The summed E-state index contributed by atoms with van der Waals surface area (Å²) in [5.41, 5.74) is 0.732. The maximum absolute atomic E-state index is 11.9. The Morgan fingerprint density at radius 3 is 2.41 bits per heavy atom. The minimum Gasteiger partial charge on any atom is -0.345 e. The van der Waals surface area contributed by atoms with Crippen LogP contribution in [0.15, 0.2) is 36.4 Å². The van der Waals surface area contributed by atoms with Gasteiger partial charge in [-0.1, -0.05) is 17.7 Å². The van der Waals surface area contributed by atoms with Crippen molar-refractivity contribution in [1.82, 2.24) is 0 Å². The van der Waals surface area contributed by atoms with Gasteiger partial charge in [-0.05, 0) is 62.9 Å². The van der Waals surface area contributed by atoms with Gasteiger partial charge in [-0.2, -0.15) is 0 Å². The molecule has 22 heavy (non-hydrogen) atoms. The van der Waals surface area contributed by atoms with E-state index >= 15 is 0 Å². The maximum atomic E-state index is 11.9. The molecule has 2 aliphatic rings. The Hall–Kier alpha value is -1.36. The summed E-state index contributed by atoms with van der Waals surface area (Å²) in [7, 11) is 0. The van der Waals surface area contributed by atoms with Crippen LogP contribution in [0.25, 0.3) is 0 Å². The molecule has 1 saturated heterocycles. The highest BCUT2D eigenvalue weighted by molar-refractivity contribution is 6.30. The smallest absolute Gasteiger partial charge is 0.248 e. The van der Waals surface area contributed by atoms with Crippen LogP contribution in [0.5, 0.6) is 0 Å². The van der Waals surface area contributed by atoms with E-state index in [2.05, 4.69) is 5.32 Å². The molecule has 5 heteroatoms. The summed E-state index contributed by atoms with van der Waals surface area (Å²) >= 11 is 5.81. The number of halogens is 1. The minimum absolute atomic E-state index is 0.137. The Morgan fingerprint density at radius 1 is 1.23 bits per heavy atom. The highest BCUT2D eigenvalue weighted by Crippen LogP contribution is 2.41. The Bertz CT molecular complexity index is 566. The van der Waals surface area contributed by atoms with Crippen LogP contribution in [-0.4, -0.2) is 23.9 Å². The molecule has 0 radical (unpaired) electrons. The summed E-state index contributed by atoms with van der Waals surface area (Å²) in [4.78, 5) is 11.9.